The lowest BCUT2D eigenvalue weighted by molar-refractivity contribution is -0.172. The zero-order valence-corrected chi connectivity index (χ0v) is 22.3. The molecule has 1 atom stereocenters. The highest BCUT2D eigenvalue weighted by molar-refractivity contribution is 8.14. The summed E-state index contributed by atoms with van der Waals surface area (Å²) in [6, 6.07) is 7.74. The first-order valence-electron chi connectivity index (χ1n) is 12.9. The molecule has 9 heteroatoms. The summed E-state index contributed by atoms with van der Waals surface area (Å²) in [5.41, 5.74) is 3.65. The maximum Gasteiger partial charge on any atom is 0.343 e. The normalized spacial score (nSPS) is 19.6. The summed E-state index contributed by atoms with van der Waals surface area (Å²) in [6.45, 7) is 9.30. The minimum absolute atomic E-state index is 0.116. The van der Waals surface area contributed by atoms with Gasteiger partial charge in [-0.05, 0) is 42.7 Å². The summed E-state index contributed by atoms with van der Waals surface area (Å²) in [5, 5.41) is 13.2. The Hall–Kier alpha value is -3.17. The highest BCUT2D eigenvalue weighted by atomic mass is 32.2. The number of hydrogen-bond acceptors (Lipinski definition) is 8. The topological polar surface area (TPSA) is 97.0 Å². The lowest BCUT2D eigenvalue weighted by Gasteiger charge is -2.32. The molecule has 1 N–H and O–H groups in total. The summed E-state index contributed by atoms with van der Waals surface area (Å²) in [7, 11) is 0. The molecular formula is C28H30N4O4S. The van der Waals surface area contributed by atoms with Gasteiger partial charge >= 0.3 is 5.97 Å². The number of cyclic esters (lactones) is 1. The summed E-state index contributed by atoms with van der Waals surface area (Å²) in [5.74, 6) is 0.700. The number of aliphatic hydroxyl groups is 1. The van der Waals surface area contributed by atoms with Crippen LogP contribution in [0.4, 0.5) is 11.4 Å². The average Bonchev–Trinajstić information content (AvgIpc) is 3.25. The molecule has 0 fully saturated rings. The van der Waals surface area contributed by atoms with E-state index in [0.717, 1.165) is 51.7 Å². The Bertz CT molecular complexity index is 1560. The van der Waals surface area contributed by atoms with Gasteiger partial charge in [-0.2, -0.15) is 0 Å². The number of aliphatic imine (C=N–C) groups is 1. The molecule has 8 nitrogen and oxygen atoms in total. The lowest BCUT2D eigenvalue weighted by atomic mass is 9.86. The van der Waals surface area contributed by atoms with Gasteiger partial charge in [0.1, 0.15) is 6.61 Å². The van der Waals surface area contributed by atoms with Crippen molar-refractivity contribution in [2.75, 3.05) is 17.2 Å². The number of esters is 1. The molecule has 1 aromatic carbocycles. The molecular weight excluding hydrogens is 488 g/mol. The van der Waals surface area contributed by atoms with E-state index in [-0.39, 0.29) is 18.6 Å². The van der Waals surface area contributed by atoms with Crippen LogP contribution in [0.3, 0.4) is 0 Å². The SMILES string of the molecule is CCSC1=Nc2cccc3nc4c(c(c23)N1CCC(C)C)Cn1c-4cc2c(c1=O)COC(=O)C2(O)CC. The van der Waals surface area contributed by atoms with Gasteiger partial charge in [0, 0.05) is 17.7 Å². The van der Waals surface area contributed by atoms with Crippen molar-refractivity contribution in [1.29, 1.82) is 0 Å². The van der Waals surface area contributed by atoms with Gasteiger partial charge in [-0.25, -0.2) is 14.8 Å². The van der Waals surface area contributed by atoms with Gasteiger partial charge in [-0.15, -0.1) is 0 Å². The minimum Gasteiger partial charge on any atom is -0.458 e. The van der Waals surface area contributed by atoms with Crippen molar-refractivity contribution in [2.24, 2.45) is 10.9 Å². The standard InChI is InChI=1S/C28H30N4O4S/c1-5-28(35)18-12-21-23-16(13-32(21)25(33)17(18)14-36-26(28)34)24-22-19(29-23)8-7-9-20(22)30-27(37-6-2)31(24)11-10-15(3)4/h7-9,12,15,35H,5-6,10-11,13-14H2,1-4H3. The first-order valence-corrected chi connectivity index (χ1v) is 13.9. The Morgan fingerprint density at radius 2 is 2.03 bits per heavy atom. The van der Waals surface area contributed by atoms with Gasteiger partial charge in [0.2, 0.25) is 0 Å². The number of fused-ring (bicyclic) bond motifs is 5. The molecule has 0 spiro atoms. The van der Waals surface area contributed by atoms with Crippen LogP contribution in [0, 0.1) is 5.92 Å². The van der Waals surface area contributed by atoms with Gasteiger partial charge in [0.15, 0.2) is 10.8 Å². The van der Waals surface area contributed by atoms with Crippen LogP contribution in [0.1, 0.15) is 57.2 Å². The number of anilines is 1. The maximum atomic E-state index is 13.7. The molecule has 0 aliphatic carbocycles. The smallest absolute Gasteiger partial charge is 0.343 e. The molecule has 0 amide bonds. The van der Waals surface area contributed by atoms with Gasteiger partial charge < -0.3 is 19.3 Å². The highest BCUT2D eigenvalue weighted by Gasteiger charge is 2.45. The van der Waals surface area contributed by atoms with Crippen LogP contribution >= 0.6 is 11.8 Å². The Morgan fingerprint density at radius 1 is 1.22 bits per heavy atom. The molecule has 3 aromatic rings. The van der Waals surface area contributed by atoms with E-state index in [1.54, 1.807) is 29.3 Å². The van der Waals surface area contributed by atoms with Gasteiger partial charge in [-0.1, -0.05) is 45.5 Å². The largest absolute Gasteiger partial charge is 0.458 e. The fourth-order valence-electron chi connectivity index (χ4n) is 5.57. The van der Waals surface area contributed by atoms with E-state index in [1.165, 1.54) is 0 Å². The summed E-state index contributed by atoms with van der Waals surface area (Å²) in [6.07, 6.45) is 1.11. The molecule has 0 radical (unpaired) electrons. The van der Waals surface area contributed by atoms with Gasteiger partial charge in [0.25, 0.3) is 5.56 Å². The summed E-state index contributed by atoms with van der Waals surface area (Å²) < 4.78 is 6.94. The van der Waals surface area contributed by atoms with Crippen molar-refractivity contribution >= 4 is 45.2 Å². The van der Waals surface area contributed by atoms with Crippen molar-refractivity contribution in [3.05, 3.63) is 51.3 Å². The third kappa shape index (κ3) is 3.47. The predicted octanol–water partition coefficient (Wildman–Crippen LogP) is 4.69. The average molecular weight is 519 g/mol. The van der Waals surface area contributed by atoms with Crippen LogP contribution in [0.5, 0.6) is 0 Å². The molecule has 5 heterocycles. The fourth-order valence-corrected chi connectivity index (χ4v) is 6.33. The van der Waals surface area contributed by atoms with Crippen molar-refractivity contribution in [3.8, 4) is 11.4 Å². The van der Waals surface area contributed by atoms with E-state index >= 15 is 0 Å². The molecule has 1 unspecified atom stereocenters. The molecule has 0 saturated carbocycles. The van der Waals surface area contributed by atoms with E-state index in [0.29, 0.717) is 35.0 Å². The number of rotatable bonds is 5. The zero-order chi connectivity index (χ0) is 26.1. The molecule has 2 aromatic heterocycles. The molecule has 6 rings (SSSR count). The summed E-state index contributed by atoms with van der Waals surface area (Å²) in [4.78, 5) is 38.6. The second kappa shape index (κ2) is 8.70. The van der Waals surface area contributed by atoms with Crippen LogP contribution in [0.2, 0.25) is 0 Å². The van der Waals surface area contributed by atoms with E-state index in [9.17, 15) is 14.7 Å². The highest BCUT2D eigenvalue weighted by Crippen LogP contribution is 2.48. The van der Waals surface area contributed by atoms with Crippen molar-refractivity contribution in [1.82, 2.24) is 9.55 Å². The number of nitrogens with zero attached hydrogens (tertiary/aromatic N) is 4. The zero-order valence-electron chi connectivity index (χ0n) is 21.5. The molecule has 3 aliphatic rings. The number of hydrogen-bond donors (Lipinski definition) is 1. The first-order chi connectivity index (χ1) is 17.8. The first kappa shape index (κ1) is 24.2. The van der Waals surface area contributed by atoms with E-state index in [4.69, 9.17) is 14.7 Å². The quantitative estimate of drug-likeness (QED) is 0.383. The number of carbonyl (C=O) groups excluding carboxylic acids is 1. The van der Waals surface area contributed by atoms with Crippen LogP contribution in [-0.4, -0.2) is 38.1 Å². The van der Waals surface area contributed by atoms with Crippen molar-refractivity contribution in [2.45, 2.75) is 59.3 Å². The Balaban J connectivity index is 1.62. The number of pyridine rings is 2. The molecule has 0 bridgehead atoms. The second-order valence-corrected chi connectivity index (χ2v) is 11.5. The Kier molecular flexibility index (Phi) is 5.69. The fraction of sp³-hybridized carbons (Fsp3) is 0.429. The van der Waals surface area contributed by atoms with Crippen molar-refractivity contribution < 1.29 is 14.6 Å². The number of benzene rings is 1. The van der Waals surface area contributed by atoms with Gasteiger partial charge in [0.05, 0.1) is 45.8 Å². The molecule has 0 saturated heterocycles. The third-order valence-corrected chi connectivity index (χ3v) is 8.44. The number of amidine groups is 1. The number of aromatic nitrogens is 2. The Morgan fingerprint density at radius 3 is 2.76 bits per heavy atom. The number of carbonyl (C=O) groups is 1. The van der Waals surface area contributed by atoms with Crippen LogP contribution in [-0.2, 0) is 28.3 Å². The third-order valence-electron chi connectivity index (χ3n) is 7.58. The van der Waals surface area contributed by atoms with Crippen molar-refractivity contribution in [3.63, 3.8) is 0 Å². The molecule has 3 aliphatic heterocycles. The minimum atomic E-state index is -1.84. The maximum absolute atomic E-state index is 13.7. The second-order valence-electron chi connectivity index (χ2n) is 10.2. The molecule has 192 valence electrons. The van der Waals surface area contributed by atoms with Gasteiger partial charge in [-0.3, -0.25) is 4.79 Å². The summed E-state index contributed by atoms with van der Waals surface area (Å²) >= 11 is 1.72. The van der Waals surface area contributed by atoms with E-state index in [2.05, 4.69) is 25.7 Å². The Labute approximate surface area is 219 Å². The van der Waals surface area contributed by atoms with Crippen LogP contribution in [0.15, 0.2) is 34.1 Å². The number of ether oxygens (including phenoxy) is 1. The monoisotopic (exact) mass is 518 g/mol. The predicted molar refractivity (Wildman–Crippen MR) is 147 cm³/mol. The van der Waals surface area contributed by atoms with Crippen LogP contribution < -0.4 is 10.5 Å². The van der Waals surface area contributed by atoms with E-state index in [1.807, 2.05) is 18.2 Å². The van der Waals surface area contributed by atoms with E-state index < -0.39 is 11.6 Å². The molecule has 37 heavy (non-hydrogen) atoms. The lowest BCUT2D eigenvalue weighted by Crippen LogP contribution is -2.44. The number of thioether (sulfide) groups is 1. The van der Waals surface area contributed by atoms with Crippen LogP contribution in [0.25, 0.3) is 22.3 Å².